The fourth-order valence-electron chi connectivity index (χ4n) is 5.71. The fraction of sp³-hybridized carbons (Fsp3) is 0.571. The van der Waals surface area contributed by atoms with Gasteiger partial charge in [0.15, 0.2) is 0 Å². The summed E-state index contributed by atoms with van der Waals surface area (Å²) in [7, 11) is 2.15. The summed E-state index contributed by atoms with van der Waals surface area (Å²) in [5, 5.41) is 0. The standard InChI is InChI=1S/C28H37F2N/c1-31(22-16-23-11-3-2-4-12-23)21-10-13-24-25(27(29)17-5-6-18-27)14-9-15-26(24)28(30)19-7-8-20-28/h2-4,9,11-12,14-15H,5-8,10,13,16-22H2,1H3. The zero-order chi connectivity index (χ0) is 21.7. The molecular formula is C28H37F2N. The van der Waals surface area contributed by atoms with Crippen LogP contribution in [0.5, 0.6) is 0 Å². The van der Waals surface area contributed by atoms with Crippen LogP contribution in [0, 0.1) is 0 Å². The lowest BCUT2D eigenvalue weighted by Gasteiger charge is -2.30. The lowest BCUT2D eigenvalue weighted by Crippen LogP contribution is -2.26. The Hall–Kier alpha value is -1.74. The Labute approximate surface area is 186 Å². The van der Waals surface area contributed by atoms with Crippen LogP contribution in [0.2, 0.25) is 0 Å². The summed E-state index contributed by atoms with van der Waals surface area (Å²) in [6.07, 6.45) is 8.79. The van der Waals surface area contributed by atoms with Crippen LogP contribution in [-0.4, -0.2) is 25.0 Å². The molecule has 0 atom stereocenters. The van der Waals surface area contributed by atoms with E-state index in [0.29, 0.717) is 25.7 Å². The maximum atomic E-state index is 15.9. The van der Waals surface area contributed by atoms with Gasteiger partial charge in [-0.2, -0.15) is 0 Å². The Kier molecular flexibility index (Phi) is 7.11. The van der Waals surface area contributed by atoms with Crippen molar-refractivity contribution in [2.75, 3.05) is 20.1 Å². The number of hydrogen-bond donors (Lipinski definition) is 0. The van der Waals surface area contributed by atoms with Crippen molar-refractivity contribution in [3.05, 3.63) is 70.8 Å². The molecule has 0 N–H and O–H groups in total. The fourth-order valence-corrected chi connectivity index (χ4v) is 5.71. The van der Waals surface area contributed by atoms with Crippen LogP contribution < -0.4 is 0 Å². The normalized spacial score (nSPS) is 19.9. The third kappa shape index (κ3) is 5.19. The molecule has 0 unspecified atom stereocenters. The van der Waals surface area contributed by atoms with Gasteiger partial charge in [0.1, 0.15) is 11.3 Å². The zero-order valence-corrected chi connectivity index (χ0v) is 19.0. The third-order valence-corrected chi connectivity index (χ3v) is 7.53. The Balaban J connectivity index is 1.46. The van der Waals surface area contributed by atoms with Gasteiger partial charge in [-0.05, 0) is 106 Å². The van der Waals surface area contributed by atoms with Crippen LogP contribution in [0.25, 0.3) is 0 Å². The first kappa shape index (κ1) is 22.5. The first-order chi connectivity index (χ1) is 15.0. The minimum absolute atomic E-state index is 0.583. The van der Waals surface area contributed by atoms with Crippen LogP contribution in [0.15, 0.2) is 48.5 Å². The number of likely N-dealkylation sites (N-methyl/N-ethyl adjacent to an activating group) is 1. The lowest BCUT2D eigenvalue weighted by molar-refractivity contribution is 0.162. The average Bonchev–Trinajstić information content (AvgIpc) is 3.43. The van der Waals surface area contributed by atoms with E-state index in [-0.39, 0.29) is 0 Å². The minimum Gasteiger partial charge on any atom is -0.306 e. The molecule has 2 fully saturated rings. The van der Waals surface area contributed by atoms with Crippen molar-refractivity contribution >= 4 is 0 Å². The SMILES string of the molecule is CN(CCCc1c(C2(F)CCCC2)cccc1C1(F)CCCC1)CCc1ccccc1. The molecule has 0 bridgehead atoms. The third-order valence-electron chi connectivity index (χ3n) is 7.53. The van der Waals surface area contributed by atoms with E-state index in [1.807, 2.05) is 24.3 Å². The Bertz CT molecular complexity index is 795. The van der Waals surface area contributed by atoms with Gasteiger partial charge in [0, 0.05) is 6.54 Å². The molecule has 0 amide bonds. The summed E-state index contributed by atoms with van der Waals surface area (Å²) in [5.41, 5.74) is 1.38. The van der Waals surface area contributed by atoms with E-state index < -0.39 is 11.3 Å². The number of rotatable bonds is 9. The molecule has 2 aromatic carbocycles. The van der Waals surface area contributed by atoms with Crippen LogP contribution in [0.1, 0.15) is 80.0 Å². The molecule has 2 aliphatic carbocycles. The molecule has 4 rings (SSSR count). The van der Waals surface area contributed by atoms with Gasteiger partial charge in [0.05, 0.1) is 0 Å². The van der Waals surface area contributed by atoms with Crippen LogP contribution in [0.4, 0.5) is 8.78 Å². The molecule has 0 aliphatic heterocycles. The molecule has 2 aliphatic rings. The largest absolute Gasteiger partial charge is 0.306 e. The van der Waals surface area contributed by atoms with Crippen molar-refractivity contribution in [3.8, 4) is 0 Å². The van der Waals surface area contributed by atoms with Gasteiger partial charge in [0.2, 0.25) is 0 Å². The summed E-state index contributed by atoms with van der Waals surface area (Å²) in [4.78, 5) is 2.34. The summed E-state index contributed by atoms with van der Waals surface area (Å²) >= 11 is 0. The second-order valence-corrected chi connectivity index (χ2v) is 9.82. The quantitative estimate of drug-likeness (QED) is 0.408. The Morgan fingerprint density at radius 3 is 1.81 bits per heavy atom. The van der Waals surface area contributed by atoms with Gasteiger partial charge >= 0.3 is 0 Å². The van der Waals surface area contributed by atoms with E-state index in [1.54, 1.807) is 0 Å². The van der Waals surface area contributed by atoms with Gasteiger partial charge in [0.25, 0.3) is 0 Å². The molecule has 31 heavy (non-hydrogen) atoms. The topological polar surface area (TPSA) is 3.24 Å². The molecule has 0 saturated heterocycles. The van der Waals surface area contributed by atoms with E-state index in [9.17, 15) is 0 Å². The number of alkyl halides is 2. The molecule has 0 aromatic heterocycles. The summed E-state index contributed by atoms with van der Waals surface area (Å²) in [5.74, 6) is 0. The van der Waals surface area contributed by atoms with E-state index >= 15 is 8.78 Å². The predicted molar refractivity (Wildman–Crippen MR) is 125 cm³/mol. The predicted octanol–water partition coefficient (Wildman–Crippen LogP) is 7.27. The van der Waals surface area contributed by atoms with Gasteiger partial charge in [-0.15, -0.1) is 0 Å². The molecule has 0 heterocycles. The highest BCUT2D eigenvalue weighted by Gasteiger charge is 2.42. The summed E-state index contributed by atoms with van der Waals surface area (Å²) in [6.45, 7) is 1.94. The van der Waals surface area contributed by atoms with Gasteiger partial charge < -0.3 is 4.90 Å². The Morgan fingerprint density at radius 2 is 1.26 bits per heavy atom. The van der Waals surface area contributed by atoms with Gasteiger partial charge in [-0.3, -0.25) is 0 Å². The second kappa shape index (κ2) is 9.81. The van der Waals surface area contributed by atoms with E-state index in [2.05, 4.69) is 36.2 Å². The van der Waals surface area contributed by atoms with Gasteiger partial charge in [-0.25, -0.2) is 8.78 Å². The van der Waals surface area contributed by atoms with Crippen molar-refractivity contribution in [2.45, 2.75) is 82.0 Å². The highest BCUT2D eigenvalue weighted by molar-refractivity contribution is 5.43. The molecule has 0 spiro atoms. The highest BCUT2D eigenvalue weighted by atomic mass is 19.1. The molecule has 2 saturated carbocycles. The number of benzene rings is 2. The van der Waals surface area contributed by atoms with Crippen molar-refractivity contribution in [2.24, 2.45) is 0 Å². The maximum Gasteiger partial charge on any atom is 0.136 e. The van der Waals surface area contributed by atoms with Gasteiger partial charge in [-0.1, -0.05) is 48.5 Å². The molecule has 2 aromatic rings. The van der Waals surface area contributed by atoms with Crippen molar-refractivity contribution < 1.29 is 8.78 Å². The second-order valence-electron chi connectivity index (χ2n) is 9.82. The van der Waals surface area contributed by atoms with Crippen LogP contribution in [0.3, 0.4) is 0 Å². The lowest BCUT2D eigenvalue weighted by atomic mass is 9.80. The van der Waals surface area contributed by atoms with E-state index in [1.165, 1.54) is 5.56 Å². The first-order valence-corrected chi connectivity index (χ1v) is 12.2. The molecule has 3 heteroatoms. The molecule has 0 radical (unpaired) electrons. The summed E-state index contributed by atoms with van der Waals surface area (Å²) < 4.78 is 31.7. The van der Waals surface area contributed by atoms with E-state index in [0.717, 1.165) is 74.7 Å². The minimum atomic E-state index is -1.26. The monoisotopic (exact) mass is 425 g/mol. The molecule has 168 valence electrons. The average molecular weight is 426 g/mol. The van der Waals surface area contributed by atoms with Crippen molar-refractivity contribution in [1.29, 1.82) is 0 Å². The molecular weight excluding hydrogens is 388 g/mol. The first-order valence-electron chi connectivity index (χ1n) is 12.2. The smallest absolute Gasteiger partial charge is 0.136 e. The maximum absolute atomic E-state index is 15.9. The summed E-state index contributed by atoms with van der Waals surface area (Å²) in [6, 6.07) is 16.3. The van der Waals surface area contributed by atoms with E-state index in [4.69, 9.17) is 0 Å². The molecule has 1 nitrogen and oxygen atoms in total. The van der Waals surface area contributed by atoms with Crippen LogP contribution in [-0.2, 0) is 24.2 Å². The van der Waals surface area contributed by atoms with Crippen LogP contribution >= 0.6 is 0 Å². The number of halogens is 2. The van der Waals surface area contributed by atoms with Crippen molar-refractivity contribution in [3.63, 3.8) is 0 Å². The number of nitrogens with zero attached hydrogens (tertiary/aromatic N) is 1. The number of hydrogen-bond acceptors (Lipinski definition) is 1. The highest BCUT2D eigenvalue weighted by Crippen LogP contribution is 2.49. The zero-order valence-electron chi connectivity index (χ0n) is 19.0. The van der Waals surface area contributed by atoms with Crippen molar-refractivity contribution in [1.82, 2.24) is 4.90 Å². The Morgan fingerprint density at radius 1 is 0.710 bits per heavy atom.